The van der Waals surface area contributed by atoms with Crippen LogP contribution in [0.5, 0.6) is 0 Å². The van der Waals surface area contributed by atoms with Crippen LogP contribution in [-0.2, 0) is 10.8 Å². The summed E-state index contributed by atoms with van der Waals surface area (Å²) in [6.45, 7) is 2.06. The van der Waals surface area contributed by atoms with E-state index in [1.54, 1.807) is 12.3 Å². The summed E-state index contributed by atoms with van der Waals surface area (Å²) in [6.07, 6.45) is 3.03. The third-order valence-corrected chi connectivity index (χ3v) is 3.41. The third kappa shape index (κ3) is 3.13. The molecule has 1 heterocycles. The molecule has 18 heavy (non-hydrogen) atoms. The molecule has 2 aromatic rings. The Hall–Kier alpha value is -1.75. The van der Waals surface area contributed by atoms with Crippen molar-refractivity contribution in [3.8, 4) is 0 Å². The summed E-state index contributed by atoms with van der Waals surface area (Å²) < 4.78 is 11.3. The molecule has 94 valence electrons. The smallest absolute Gasteiger partial charge is 0.132 e. The zero-order valence-electron chi connectivity index (χ0n) is 10.3. The largest absolute Gasteiger partial charge is 0.363 e. The lowest BCUT2D eigenvalue weighted by atomic mass is 10.1. The van der Waals surface area contributed by atoms with Crippen molar-refractivity contribution in [1.82, 2.24) is 9.97 Å². The minimum absolute atomic E-state index is 0.138. The fraction of sp³-hybridized carbons (Fsp3) is 0.231. The van der Waals surface area contributed by atoms with Gasteiger partial charge in [0.15, 0.2) is 0 Å². The van der Waals surface area contributed by atoms with E-state index in [9.17, 15) is 4.21 Å². The second-order valence-corrected chi connectivity index (χ2v) is 5.30. The molecule has 0 bridgehead atoms. The summed E-state index contributed by atoms with van der Waals surface area (Å²) in [5.74, 6) is 0.687. The van der Waals surface area contributed by atoms with Crippen molar-refractivity contribution in [1.29, 1.82) is 0 Å². The van der Waals surface area contributed by atoms with Gasteiger partial charge in [-0.25, -0.2) is 9.97 Å². The monoisotopic (exact) mass is 261 g/mol. The number of rotatable bonds is 4. The van der Waals surface area contributed by atoms with Crippen LogP contribution in [0.15, 0.2) is 47.8 Å². The molecule has 0 radical (unpaired) electrons. The molecule has 2 unspecified atom stereocenters. The zero-order chi connectivity index (χ0) is 13.0. The molecule has 4 nitrogen and oxygen atoms in total. The normalized spacial score (nSPS) is 13.9. The Balaban J connectivity index is 2.14. The van der Waals surface area contributed by atoms with E-state index >= 15 is 0 Å². The first kappa shape index (κ1) is 12.7. The van der Waals surface area contributed by atoms with Gasteiger partial charge in [-0.15, -0.1) is 0 Å². The number of hydrogen-bond donors (Lipinski definition) is 1. The first-order valence-corrected chi connectivity index (χ1v) is 7.19. The molecule has 0 fully saturated rings. The Kier molecular flexibility index (Phi) is 4.04. The molecule has 2 rings (SSSR count). The summed E-state index contributed by atoms with van der Waals surface area (Å²) in [5, 5.41) is 3.80. The van der Waals surface area contributed by atoms with Crippen LogP contribution in [0.4, 0.5) is 5.82 Å². The van der Waals surface area contributed by atoms with Crippen molar-refractivity contribution in [3.63, 3.8) is 0 Å². The Morgan fingerprint density at radius 1 is 1.22 bits per heavy atom. The van der Waals surface area contributed by atoms with Crippen molar-refractivity contribution in [3.05, 3.63) is 48.3 Å². The minimum atomic E-state index is -1.09. The molecule has 5 heteroatoms. The first-order chi connectivity index (χ1) is 8.66. The van der Waals surface area contributed by atoms with Gasteiger partial charge in [-0.05, 0) is 12.5 Å². The standard InChI is InChI=1S/C13H15N3OS/c1-10(11-6-4-3-5-7-11)16-12-8-13(18(2)17)15-9-14-12/h3-10H,1-2H3,(H,14,15,16). The predicted molar refractivity (Wildman–Crippen MR) is 72.8 cm³/mol. The Labute approximate surface area is 109 Å². The molecule has 0 aliphatic carbocycles. The second kappa shape index (κ2) is 5.73. The summed E-state index contributed by atoms with van der Waals surface area (Å²) in [4.78, 5) is 8.10. The van der Waals surface area contributed by atoms with Gasteiger partial charge >= 0.3 is 0 Å². The molecule has 1 N–H and O–H groups in total. The number of benzene rings is 1. The summed E-state index contributed by atoms with van der Waals surface area (Å²) in [6, 6.07) is 11.9. The van der Waals surface area contributed by atoms with E-state index < -0.39 is 10.8 Å². The van der Waals surface area contributed by atoms with Crippen LogP contribution in [0.3, 0.4) is 0 Å². The molecule has 0 saturated heterocycles. The maximum absolute atomic E-state index is 11.3. The zero-order valence-corrected chi connectivity index (χ0v) is 11.1. The van der Waals surface area contributed by atoms with Gasteiger partial charge in [0, 0.05) is 18.4 Å². The Morgan fingerprint density at radius 2 is 1.94 bits per heavy atom. The molecular formula is C13H15N3OS. The fourth-order valence-corrected chi connectivity index (χ4v) is 2.10. The maximum atomic E-state index is 11.3. The van der Waals surface area contributed by atoms with Gasteiger partial charge in [0.25, 0.3) is 0 Å². The van der Waals surface area contributed by atoms with Crippen molar-refractivity contribution in [2.45, 2.75) is 18.0 Å². The van der Waals surface area contributed by atoms with E-state index in [0.29, 0.717) is 10.8 Å². The second-order valence-electron chi connectivity index (χ2n) is 3.97. The van der Waals surface area contributed by atoms with Crippen molar-refractivity contribution in [2.24, 2.45) is 0 Å². The Bertz CT molecular complexity index is 545. The van der Waals surface area contributed by atoms with E-state index in [0.717, 1.165) is 0 Å². The number of anilines is 1. The number of nitrogens with zero attached hydrogens (tertiary/aromatic N) is 2. The SMILES string of the molecule is CC(Nc1cc(S(C)=O)ncn1)c1ccccc1. The van der Waals surface area contributed by atoms with Crippen molar-refractivity contribution >= 4 is 16.6 Å². The van der Waals surface area contributed by atoms with E-state index in [4.69, 9.17) is 0 Å². The van der Waals surface area contributed by atoms with E-state index in [1.165, 1.54) is 11.9 Å². The summed E-state index contributed by atoms with van der Waals surface area (Å²) in [7, 11) is -1.09. The lowest BCUT2D eigenvalue weighted by molar-refractivity contribution is 0.683. The molecule has 0 amide bonds. The van der Waals surface area contributed by atoms with Crippen molar-refractivity contribution in [2.75, 3.05) is 11.6 Å². The highest BCUT2D eigenvalue weighted by Crippen LogP contribution is 2.17. The highest BCUT2D eigenvalue weighted by atomic mass is 32.2. The molecule has 1 aromatic carbocycles. The minimum Gasteiger partial charge on any atom is -0.363 e. The summed E-state index contributed by atoms with van der Waals surface area (Å²) in [5.41, 5.74) is 1.18. The van der Waals surface area contributed by atoms with E-state index in [1.807, 2.05) is 18.2 Å². The Morgan fingerprint density at radius 3 is 2.61 bits per heavy atom. The number of aromatic nitrogens is 2. The molecule has 0 saturated carbocycles. The molecule has 2 atom stereocenters. The molecule has 1 aromatic heterocycles. The first-order valence-electron chi connectivity index (χ1n) is 5.64. The van der Waals surface area contributed by atoms with Crippen LogP contribution in [0, 0.1) is 0 Å². The van der Waals surface area contributed by atoms with Crippen LogP contribution in [0.1, 0.15) is 18.5 Å². The molecular weight excluding hydrogens is 246 g/mol. The van der Waals surface area contributed by atoms with Crippen LogP contribution in [0.25, 0.3) is 0 Å². The average Bonchev–Trinajstić information content (AvgIpc) is 2.40. The highest BCUT2D eigenvalue weighted by Gasteiger charge is 2.07. The van der Waals surface area contributed by atoms with Crippen LogP contribution in [0.2, 0.25) is 0 Å². The van der Waals surface area contributed by atoms with Gasteiger partial charge in [0.05, 0.1) is 10.8 Å². The van der Waals surface area contributed by atoms with Gasteiger partial charge in [0.1, 0.15) is 17.2 Å². The maximum Gasteiger partial charge on any atom is 0.132 e. The highest BCUT2D eigenvalue weighted by molar-refractivity contribution is 7.84. The number of hydrogen-bond acceptors (Lipinski definition) is 4. The fourth-order valence-electron chi connectivity index (χ4n) is 1.62. The molecule has 0 spiro atoms. The van der Waals surface area contributed by atoms with E-state index in [-0.39, 0.29) is 6.04 Å². The predicted octanol–water partition coefficient (Wildman–Crippen LogP) is 2.39. The quantitative estimate of drug-likeness (QED) is 0.859. The lowest BCUT2D eigenvalue weighted by Crippen LogP contribution is -2.08. The van der Waals surface area contributed by atoms with Gasteiger partial charge < -0.3 is 5.32 Å². The summed E-state index contributed by atoms with van der Waals surface area (Å²) >= 11 is 0. The van der Waals surface area contributed by atoms with Gasteiger partial charge in [-0.1, -0.05) is 30.3 Å². The van der Waals surface area contributed by atoms with Crippen molar-refractivity contribution < 1.29 is 4.21 Å². The topological polar surface area (TPSA) is 54.9 Å². The van der Waals surface area contributed by atoms with Crippen LogP contribution in [-0.4, -0.2) is 20.4 Å². The van der Waals surface area contributed by atoms with Gasteiger partial charge in [-0.3, -0.25) is 4.21 Å². The van der Waals surface area contributed by atoms with E-state index in [2.05, 4.69) is 34.3 Å². The van der Waals surface area contributed by atoms with Crippen LogP contribution < -0.4 is 5.32 Å². The lowest BCUT2D eigenvalue weighted by Gasteiger charge is -2.14. The average molecular weight is 261 g/mol. The van der Waals surface area contributed by atoms with Crippen LogP contribution >= 0.6 is 0 Å². The van der Waals surface area contributed by atoms with Gasteiger partial charge in [0.2, 0.25) is 0 Å². The third-order valence-electron chi connectivity index (χ3n) is 2.60. The number of nitrogens with one attached hydrogen (secondary N) is 1. The van der Waals surface area contributed by atoms with Gasteiger partial charge in [-0.2, -0.15) is 0 Å². The molecule has 0 aliphatic heterocycles. The molecule has 0 aliphatic rings.